The zero-order valence-corrected chi connectivity index (χ0v) is 14.2. The number of aromatic amines is 1. The maximum atomic E-state index is 12.7. The maximum absolute atomic E-state index is 12.7. The number of fused-ring (bicyclic) bond motifs is 1. The summed E-state index contributed by atoms with van der Waals surface area (Å²) in [5.41, 5.74) is 1.55. The van der Waals surface area contributed by atoms with Gasteiger partial charge in [-0.2, -0.15) is 0 Å². The fourth-order valence-electron chi connectivity index (χ4n) is 3.28. The molecule has 130 valence electrons. The fraction of sp³-hybridized carbons (Fsp3) is 0.375. The number of thiophene rings is 1. The van der Waals surface area contributed by atoms with Crippen molar-refractivity contribution in [3.05, 3.63) is 35.1 Å². The van der Waals surface area contributed by atoms with Crippen LogP contribution in [0.4, 0.5) is 0 Å². The van der Waals surface area contributed by atoms with Crippen molar-refractivity contribution in [1.29, 1.82) is 0 Å². The number of likely N-dealkylation sites (tertiary alicyclic amines) is 1. The van der Waals surface area contributed by atoms with Crippen LogP contribution in [0.25, 0.3) is 10.2 Å². The number of nitrogens with zero attached hydrogens (tertiary/aromatic N) is 4. The standard InChI is InChI=1S/C16H17N5O3S/c22-15(12-6-14-11(17-12)3-5-25-14)20-4-1-2-10(7-20)8-21-9-13(16(23)24)18-19-21/h3,5-6,9-10,17H,1-2,4,7-8H2,(H,23,24). The number of H-pyrrole nitrogens is 1. The van der Waals surface area contributed by atoms with Gasteiger partial charge in [-0.25, -0.2) is 4.79 Å². The van der Waals surface area contributed by atoms with E-state index >= 15 is 0 Å². The van der Waals surface area contributed by atoms with Crippen molar-refractivity contribution in [3.63, 3.8) is 0 Å². The highest BCUT2D eigenvalue weighted by molar-refractivity contribution is 7.17. The Balaban J connectivity index is 1.43. The number of hydrogen-bond donors (Lipinski definition) is 2. The molecule has 1 amide bonds. The first-order chi connectivity index (χ1) is 12.1. The van der Waals surface area contributed by atoms with Gasteiger partial charge in [-0.15, -0.1) is 16.4 Å². The van der Waals surface area contributed by atoms with Crippen molar-refractivity contribution >= 4 is 33.4 Å². The lowest BCUT2D eigenvalue weighted by Crippen LogP contribution is -2.41. The predicted octanol–water partition coefficient (Wildman–Crippen LogP) is 2.07. The number of carboxylic acid groups (broad SMARTS) is 1. The molecule has 1 fully saturated rings. The van der Waals surface area contributed by atoms with E-state index in [1.165, 1.54) is 6.20 Å². The minimum Gasteiger partial charge on any atom is -0.476 e. The van der Waals surface area contributed by atoms with Crippen molar-refractivity contribution in [2.24, 2.45) is 5.92 Å². The summed E-state index contributed by atoms with van der Waals surface area (Å²) in [5.74, 6) is -0.839. The predicted molar refractivity (Wildman–Crippen MR) is 91.8 cm³/mol. The quantitative estimate of drug-likeness (QED) is 0.742. The largest absolute Gasteiger partial charge is 0.476 e. The normalized spacial score (nSPS) is 17.9. The van der Waals surface area contributed by atoms with Gasteiger partial charge >= 0.3 is 5.97 Å². The second-order valence-corrected chi connectivity index (χ2v) is 7.22. The van der Waals surface area contributed by atoms with Crippen molar-refractivity contribution < 1.29 is 14.7 Å². The SMILES string of the molecule is O=C(O)c1cn(CC2CCCN(C(=O)c3cc4sccc4[nH]3)C2)nn1. The summed E-state index contributed by atoms with van der Waals surface area (Å²) >= 11 is 1.61. The lowest BCUT2D eigenvalue weighted by molar-refractivity contribution is 0.0653. The summed E-state index contributed by atoms with van der Waals surface area (Å²) in [6.45, 7) is 1.93. The van der Waals surface area contributed by atoms with Crippen LogP contribution in [0.15, 0.2) is 23.7 Å². The third-order valence-electron chi connectivity index (χ3n) is 4.48. The molecule has 0 bridgehead atoms. The van der Waals surface area contributed by atoms with Crippen LogP contribution < -0.4 is 0 Å². The molecule has 1 atom stereocenters. The van der Waals surface area contributed by atoms with E-state index in [4.69, 9.17) is 5.11 Å². The van der Waals surface area contributed by atoms with Gasteiger partial charge in [0.15, 0.2) is 5.69 Å². The molecular weight excluding hydrogens is 342 g/mol. The van der Waals surface area contributed by atoms with Gasteiger partial charge in [0.2, 0.25) is 0 Å². The Hall–Kier alpha value is -2.68. The second kappa shape index (κ2) is 6.32. The van der Waals surface area contributed by atoms with Gasteiger partial charge in [0.25, 0.3) is 5.91 Å². The monoisotopic (exact) mass is 359 g/mol. The molecule has 8 nitrogen and oxygen atoms in total. The molecule has 0 radical (unpaired) electrons. The maximum Gasteiger partial charge on any atom is 0.358 e. The highest BCUT2D eigenvalue weighted by Gasteiger charge is 2.26. The Morgan fingerprint density at radius 3 is 3.08 bits per heavy atom. The molecule has 0 saturated carbocycles. The van der Waals surface area contributed by atoms with Gasteiger partial charge < -0.3 is 15.0 Å². The van der Waals surface area contributed by atoms with Crippen molar-refractivity contribution in [3.8, 4) is 0 Å². The zero-order valence-electron chi connectivity index (χ0n) is 13.4. The van der Waals surface area contributed by atoms with Crippen LogP contribution in [-0.4, -0.2) is 55.0 Å². The van der Waals surface area contributed by atoms with Gasteiger partial charge in [0.05, 0.1) is 16.4 Å². The zero-order chi connectivity index (χ0) is 17.4. The Labute approximate surface area is 147 Å². The lowest BCUT2D eigenvalue weighted by atomic mass is 9.98. The van der Waals surface area contributed by atoms with E-state index in [2.05, 4.69) is 15.3 Å². The molecule has 0 aliphatic carbocycles. The number of carbonyl (C=O) groups excluding carboxylic acids is 1. The number of carboxylic acids is 1. The molecule has 1 saturated heterocycles. The van der Waals surface area contributed by atoms with Gasteiger partial charge in [0, 0.05) is 19.6 Å². The minimum absolute atomic E-state index is 0.0120. The number of aromatic nitrogens is 4. The number of nitrogens with one attached hydrogen (secondary N) is 1. The van der Waals surface area contributed by atoms with Gasteiger partial charge in [0.1, 0.15) is 5.69 Å². The molecule has 9 heteroatoms. The third kappa shape index (κ3) is 3.14. The van der Waals surface area contributed by atoms with Crippen molar-refractivity contribution in [2.75, 3.05) is 13.1 Å². The van der Waals surface area contributed by atoms with Crippen LogP contribution in [0.2, 0.25) is 0 Å². The first kappa shape index (κ1) is 15.8. The van der Waals surface area contributed by atoms with E-state index in [0.29, 0.717) is 18.8 Å². The van der Waals surface area contributed by atoms with Gasteiger partial charge in [-0.1, -0.05) is 5.21 Å². The highest BCUT2D eigenvalue weighted by Crippen LogP contribution is 2.24. The molecule has 1 aliphatic heterocycles. The number of piperidine rings is 1. The van der Waals surface area contributed by atoms with Crippen LogP contribution in [0.5, 0.6) is 0 Å². The summed E-state index contributed by atoms with van der Waals surface area (Å²) in [4.78, 5) is 28.7. The molecule has 1 unspecified atom stereocenters. The van der Waals surface area contributed by atoms with E-state index in [9.17, 15) is 9.59 Å². The number of carbonyl (C=O) groups is 2. The van der Waals surface area contributed by atoms with Gasteiger partial charge in [-0.3, -0.25) is 9.48 Å². The first-order valence-electron chi connectivity index (χ1n) is 8.09. The molecule has 1 aliphatic rings. The van der Waals surface area contributed by atoms with Gasteiger partial charge in [-0.05, 0) is 36.3 Å². The second-order valence-electron chi connectivity index (χ2n) is 6.27. The summed E-state index contributed by atoms with van der Waals surface area (Å²) in [5, 5.41) is 18.4. The molecule has 0 aromatic carbocycles. The van der Waals surface area contributed by atoms with Crippen LogP contribution in [-0.2, 0) is 6.54 Å². The van der Waals surface area contributed by atoms with E-state index in [1.54, 1.807) is 16.0 Å². The molecule has 4 heterocycles. The van der Waals surface area contributed by atoms with Crippen LogP contribution in [0, 0.1) is 5.92 Å². The Bertz CT molecular complexity index is 899. The van der Waals surface area contributed by atoms with Crippen molar-refractivity contribution in [1.82, 2.24) is 24.9 Å². The van der Waals surface area contributed by atoms with Crippen LogP contribution >= 0.6 is 11.3 Å². The number of amides is 1. The number of hydrogen-bond acceptors (Lipinski definition) is 5. The number of aromatic carboxylic acids is 1. The molecular formula is C16H17N5O3S. The summed E-state index contributed by atoms with van der Waals surface area (Å²) in [6, 6.07) is 3.88. The third-order valence-corrected chi connectivity index (χ3v) is 5.34. The van der Waals surface area contributed by atoms with Crippen LogP contribution in [0.3, 0.4) is 0 Å². The topological polar surface area (TPSA) is 104 Å². The lowest BCUT2D eigenvalue weighted by Gasteiger charge is -2.32. The van der Waals surface area contributed by atoms with Crippen LogP contribution in [0.1, 0.15) is 33.8 Å². The Morgan fingerprint density at radius 1 is 1.44 bits per heavy atom. The smallest absolute Gasteiger partial charge is 0.358 e. The average molecular weight is 359 g/mol. The molecule has 0 spiro atoms. The van der Waals surface area contributed by atoms with E-state index in [-0.39, 0.29) is 17.5 Å². The first-order valence-corrected chi connectivity index (χ1v) is 8.97. The molecule has 25 heavy (non-hydrogen) atoms. The van der Waals surface area contributed by atoms with E-state index in [0.717, 1.165) is 29.6 Å². The minimum atomic E-state index is -1.08. The molecule has 4 rings (SSSR count). The van der Waals surface area contributed by atoms with E-state index in [1.807, 2.05) is 22.4 Å². The Kier molecular flexibility index (Phi) is 4.00. The average Bonchev–Trinajstić information content (AvgIpc) is 3.29. The highest BCUT2D eigenvalue weighted by atomic mass is 32.1. The molecule has 3 aromatic heterocycles. The Morgan fingerprint density at radius 2 is 2.32 bits per heavy atom. The summed E-state index contributed by atoms with van der Waals surface area (Å²) in [6.07, 6.45) is 3.33. The molecule has 2 N–H and O–H groups in total. The van der Waals surface area contributed by atoms with Crippen molar-refractivity contribution in [2.45, 2.75) is 19.4 Å². The fourth-order valence-corrected chi connectivity index (χ4v) is 4.07. The molecule has 3 aromatic rings. The summed E-state index contributed by atoms with van der Waals surface area (Å²) in [7, 11) is 0. The summed E-state index contributed by atoms with van der Waals surface area (Å²) < 4.78 is 2.63. The number of rotatable bonds is 4. The van der Waals surface area contributed by atoms with E-state index < -0.39 is 5.97 Å².